The van der Waals surface area contributed by atoms with Gasteiger partial charge in [-0.05, 0) is 6.07 Å². The number of nitriles is 1. The number of pyridine rings is 1. The van der Waals surface area contributed by atoms with Crippen LogP contribution in [0, 0.1) is 11.3 Å². The first kappa shape index (κ1) is 18.8. The minimum absolute atomic E-state index is 0.0595. The Hall–Kier alpha value is -3.19. The van der Waals surface area contributed by atoms with Crippen molar-refractivity contribution in [2.24, 2.45) is 7.05 Å². The molecule has 0 saturated carbocycles. The Morgan fingerprint density at radius 3 is 2.77 bits per heavy atom. The number of nitrogens with one attached hydrogen (secondary N) is 1. The molecule has 5 rings (SSSR count). The number of nitrogens with zero attached hydrogens (tertiary/aromatic N) is 6. The molecular weight excluding hydrogens is 402 g/mol. The summed E-state index contributed by atoms with van der Waals surface area (Å²) in [6.45, 7) is 2.52. The summed E-state index contributed by atoms with van der Waals surface area (Å²) in [5.41, 5.74) is 3.75. The second-order valence-corrected chi connectivity index (χ2v) is 8.54. The van der Waals surface area contributed by atoms with Crippen LogP contribution in [0.5, 0.6) is 0 Å². The summed E-state index contributed by atoms with van der Waals surface area (Å²) in [7, 11) is 1.84. The number of amides is 1. The number of piperazine rings is 1. The normalized spacial score (nSPS) is 17.1. The van der Waals surface area contributed by atoms with Crippen LogP contribution in [0.2, 0.25) is 0 Å². The van der Waals surface area contributed by atoms with Crippen LogP contribution in [-0.4, -0.2) is 74.5 Å². The lowest BCUT2D eigenvalue weighted by molar-refractivity contribution is 0.0746. The smallest absolute Gasteiger partial charge is 0.410 e. The molecule has 1 N–H and O–H groups in total. The highest BCUT2D eigenvalue weighted by atomic mass is 32.2. The van der Waals surface area contributed by atoms with Crippen molar-refractivity contribution in [1.29, 1.82) is 5.26 Å². The molecule has 0 bridgehead atoms. The third kappa shape index (κ3) is 3.25. The van der Waals surface area contributed by atoms with Crippen molar-refractivity contribution in [3.05, 3.63) is 30.2 Å². The molecule has 0 atom stereocenters. The van der Waals surface area contributed by atoms with Gasteiger partial charge in [0.25, 0.3) is 0 Å². The van der Waals surface area contributed by atoms with Gasteiger partial charge in [-0.1, -0.05) is 0 Å². The van der Waals surface area contributed by atoms with E-state index >= 15 is 0 Å². The Morgan fingerprint density at radius 1 is 1.33 bits per heavy atom. The molecule has 1 amide bonds. The number of H-pyrrole nitrogens is 1. The molecule has 2 saturated heterocycles. The van der Waals surface area contributed by atoms with E-state index in [-0.39, 0.29) is 12.2 Å². The zero-order valence-electron chi connectivity index (χ0n) is 16.5. The summed E-state index contributed by atoms with van der Waals surface area (Å²) >= 11 is 1.79. The van der Waals surface area contributed by atoms with E-state index in [1.54, 1.807) is 33.7 Å². The van der Waals surface area contributed by atoms with Crippen molar-refractivity contribution in [3.63, 3.8) is 0 Å². The molecule has 2 fully saturated rings. The summed E-state index contributed by atoms with van der Waals surface area (Å²) in [6, 6.07) is 4.28. The Morgan fingerprint density at radius 2 is 2.13 bits per heavy atom. The SMILES string of the molecule is Cn1cc(-c2[nH]c3nccc(N4CCN(C(=O)OC5CSC5)CC4)c3c2C#N)cn1. The second-order valence-electron chi connectivity index (χ2n) is 7.46. The predicted molar refractivity (Wildman–Crippen MR) is 114 cm³/mol. The van der Waals surface area contributed by atoms with Gasteiger partial charge in [-0.2, -0.15) is 22.1 Å². The minimum atomic E-state index is -0.224. The van der Waals surface area contributed by atoms with Crippen molar-refractivity contribution in [2.75, 3.05) is 42.6 Å². The number of carbonyl (C=O) groups excluding carboxylic acids is 1. The summed E-state index contributed by atoms with van der Waals surface area (Å²) in [5.74, 6) is 1.79. The molecule has 2 aliphatic heterocycles. The zero-order valence-corrected chi connectivity index (χ0v) is 17.4. The van der Waals surface area contributed by atoms with Gasteiger partial charge >= 0.3 is 6.09 Å². The Labute approximate surface area is 177 Å². The minimum Gasteiger partial charge on any atom is -0.444 e. The first-order valence-corrected chi connectivity index (χ1v) is 11.0. The highest BCUT2D eigenvalue weighted by Gasteiger charge is 2.29. The average Bonchev–Trinajstić information content (AvgIpc) is 3.33. The van der Waals surface area contributed by atoms with E-state index < -0.39 is 0 Å². The molecule has 0 radical (unpaired) electrons. The van der Waals surface area contributed by atoms with Gasteiger partial charge in [-0.15, -0.1) is 0 Å². The highest BCUT2D eigenvalue weighted by molar-refractivity contribution is 8.00. The molecular formula is C20H21N7O2S. The van der Waals surface area contributed by atoms with E-state index in [1.165, 1.54) is 0 Å². The van der Waals surface area contributed by atoms with E-state index in [1.807, 2.05) is 19.3 Å². The van der Waals surface area contributed by atoms with Gasteiger partial charge in [0.1, 0.15) is 17.8 Å². The van der Waals surface area contributed by atoms with Crippen LogP contribution >= 0.6 is 11.8 Å². The highest BCUT2D eigenvalue weighted by Crippen LogP contribution is 2.35. The van der Waals surface area contributed by atoms with Gasteiger partial charge in [0.15, 0.2) is 0 Å². The molecule has 0 unspecified atom stereocenters. The lowest BCUT2D eigenvalue weighted by Gasteiger charge is -2.37. The molecule has 30 heavy (non-hydrogen) atoms. The molecule has 3 aromatic rings. The Balaban J connectivity index is 1.40. The second kappa shape index (κ2) is 7.57. The van der Waals surface area contributed by atoms with Gasteiger partial charge in [0, 0.05) is 62.7 Å². The maximum atomic E-state index is 12.3. The molecule has 5 heterocycles. The van der Waals surface area contributed by atoms with Crippen LogP contribution in [0.15, 0.2) is 24.7 Å². The lowest BCUT2D eigenvalue weighted by atomic mass is 10.1. The number of thioether (sulfide) groups is 1. The molecule has 3 aromatic heterocycles. The fourth-order valence-corrected chi connectivity index (χ4v) is 4.43. The van der Waals surface area contributed by atoms with Gasteiger partial charge in [0.05, 0.1) is 28.5 Å². The number of rotatable bonds is 3. The number of hydrogen-bond donors (Lipinski definition) is 1. The monoisotopic (exact) mass is 423 g/mol. The van der Waals surface area contributed by atoms with Crippen molar-refractivity contribution >= 4 is 34.6 Å². The van der Waals surface area contributed by atoms with E-state index in [0.29, 0.717) is 37.4 Å². The van der Waals surface area contributed by atoms with Crippen LogP contribution < -0.4 is 4.90 Å². The quantitative estimate of drug-likeness (QED) is 0.689. The van der Waals surface area contributed by atoms with Gasteiger partial charge in [-0.25, -0.2) is 9.78 Å². The lowest BCUT2D eigenvalue weighted by Crippen LogP contribution is -2.50. The predicted octanol–water partition coefficient (Wildman–Crippen LogP) is 2.21. The number of aryl methyl sites for hydroxylation is 1. The summed E-state index contributed by atoms with van der Waals surface area (Å²) in [4.78, 5) is 24.0. The van der Waals surface area contributed by atoms with Crippen LogP contribution in [0.4, 0.5) is 10.5 Å². The fraction of sp³-hybridized carbons (Fsp3) is 0.400. The molecule has 2 aliphatic rings. The van der Waals surface area contributed by atoms with Crippen molar-refractivity contribution in [1.82, 2.24) is 24.6 Å². The van der Waals surface area contributed by atoms with E-state index in [2.05, 4.69) is 26.0 Å². The van der Waals surface area contributed by atoms with Crippen LogP contribution in [0.3, 0.4) is 0 Å². The Bertz CT molecular complexity index is 1140. The zero-order chi connectivity index (χ0) is 20.7. The number of carbonyl (C=O) groups is 1. The first-order chi connectivity index (χ1) is 14.6. The standard InChI is InChI=1S/C20H21N7O2S/c1-25-10-13(9-23-25)18-15(8-21)17-16(2-3-22-19(17)24-18)26-4-6-27(7-5-26)20(28)29-14-11-30-12-14/h2-3,9-10,14H,4-7,11-12H2,1H3,(H,22,24). The van der Waals surface area contributed by atoms with E-state index in [0.717, 1.165) is 33.8 Å². The Kier molecular flexibility index (Phi) is 4.75. The topological polar surface area (TPSA) is 103 Å². The van der Waals surface area contributed by atoms with Crippen LogP contribution in [-0.2, 0) is 11.8 Å². The third-order valence-electron chi connectivity index (χ3n) is 5.53. The molecule has 0 spiro atoms. The van der Waals surface area contributed by atoms with E-state index in [9.17, 15) is 10.1 Å². The van der Waals surface area contributed by atoms with Crippen LogP contribution in [0.1, 0.15) is 5.56 Å². The molecule has 0 aliphatic carbocycles. The van der Waals surface area contributed by atoms with Gasteiger partial charge < -0.3 is 19.5 Å². The molecule has 10 heteroatoms. The maximum Gasteiger partial charge on any atom is 0.410 e. The third-order valence-corrected chi connectivity index (χ3v) is 6.75. The number of fused-ring (bicyclic) bond motifs is 1. The van der Waals surface area contributed by atoms with E-state index in [4.69, 9.17) is 4.74 Å². The average molecular weight is 424 g/mol. The number of hydrogen-bond acceptors (Lipinski definition) is 7. The fourth-order valence-electron chi connectivity index (χ4n) is 3.87. The molecule has 154 valence electrons. The number of anilines is 1. The molecule has 9 nitrogen and oxygen atoms in total. The van der Waals surface area contributed by atoms with Gasteiger partial charge in [-0.3, -0.25) is 4.68 Å². The number of ether oxygens (including phenoxy) is 1. The number of aromatic nitrogens is 4. The molecule has 0 aromatic carbocycles. The number of aromatic amines is 1. The first-order valence-electron chi connectivity index (χ1n) is 9.82. The summed E-state index contributed by atoms with van der Waals surface area (Å²) in [6.07, 6.45) is 5.19. The largest absolute Gasteiger partial charge is 0.444 e. The van der Waals surface area contributed by atoms with Crippen molar-refractivity contribution in [2.45, 2.75) is 6.10 Å². The summed E-state index contributed by atoms with van der Waals surface area (Å²) in [5, 5.41) is 14.9. The summed E-state index contributed by atoms with van der Waals surface area (Å²) < 4.78 is 7.21. The van der Waals surface area contributed by atoms with Crippen molar-refractivity contribution in [3.8, 4) is 17.3 Å². The maximum absolute atomic E-state index is 12.3. The van der Waals surface area contributed by atoms with Crippen molar-refractivity contribution < 1.29 is 9.53 Å². The van der Waals surface area contributed by atoms with Gasteiger partial charge in [0.2, 0.25) is 0 Å². The van der Waals surface area contributed by atoms with Crippen LogP contribution in [0.25, 0.3) is 22.3 Å².